The number of carbonyl (C=O) groups is 1. The summed E-state index contributed by atoms with van der Waals surface area (Å²) >= 11 is 0.295. The van der Waals surface area contributed by atoms with Crippen molar-refractivity contribution in [2.45, 2.75) is 16.6 Å². The first-order valence-corrected chi connectivity index (χ1v) is 11.7. The molecule has 7 nitrogen and oxygen atoms in total. The second kappa shape index (κ2) is 10.6. The fourth-order valence-electron chi connectivity index (χ4n) is 1.98. The molecule has 0 bridgehead atoms. The predicted molar refractivity (Wildman–Crippen MR) is 102 cm³/mol. The Morgan fingerprint density at radius 2 is 1.88 bits per heavy atom. The fraction of sp³-hybridized carbons (Fsp3) is 0.176. The minimum atomic E-state index is -0.493. The fourth-order valence-corrected chi connectivity index (χ4v) is 5.37. The molecule has 26 heavy (non-hydrogen) atoms. The standard InChI is InChI=1S/C17H17N3O4SSe/c21-17(18-10-11-26-25-15-4-2-1-3-5-15)16(19-22)12-13-6-8-14(9-7-13)20(23)24/h1-9,22H,10-12H2,(H,18,21)/b19-16+. The zero-order valence-corrected chi connectivity index (χ0v) is 16.2. The van der Waals surface area contributed by atoms with E-state index < -0.39 is 10.8 Å². The van der Waals surface area contributed by atoms with Gasteiger partial charge in [-0.1, -0.05) is 0 Å². The van der Waals surface area contributed by atoms with Gasteiger partial charge in [0.1, 0.15) is 0 Å². The SMILES string of the molecule is O=C(NCC[Se]Sc1ccccc1)/C(Cc1ccc([N+](=O)[O-])cc1)=N/O. The normalized spacial score (nSPS) is 11.2. The van der Waals surface area contributed by atoms with Gasteiger partial charge in [0, 0.05) is 0 Å². The van der Waals surface area contributed by atoms with Crippen LogP contribution in [0.25, 0.3) is 0 Å². The number of nitro groups is 1. The summed E-state index contributed by atoms with van der Waals surface area (Å²) in [5.41, 5.74) is 0.600. The molecule has 9 heteroatoms. The molecule has 0 atom stereocenters. The van der Waals surface area contributed by atoms with E-state index >= 15 is 0 Å². The summed E-state index contributed by atoms with van der Waals surface area (Å²) in [6, 6.07) is 15.8. The number of nitro benzene ring substituents is 1. The zero-order valence-electron chi connectivity index (χ0n) is 13.7. The van der Waals surface area contributed by atoms with E-state index in [2.05, 4.69) is 10.5 Å². The third-order valence-corrected chi connectivity index (χ3v) is 7.45. The maximum atomic E-state index is 12.1. The number of hydrogen-bond acceptors (Lipinski definition) is 6. The Balaban J connectivity index is 1.75. The van der Waals surface area contributed by atoms with E-state index in [1.165, 1.54) is 29.2 Å². The van der Waals surface area contributed by atoms with Crippen LogP contribution in [0.15, 0.2) is 64.6 Å². The van der Waals surface area contributed by atoms with Crippen LogP contribution in [0.2, 0.25) is 5.32 Å². The molecule has 2 N–H and O–H groups in total. The quantitative estimate of drug-likeness (QED) is 0.156. The van der Waals surface area contributed by atoms with Gasteiger partial charge in [0.05, 0.1) is 0 Å². The van der Waals surface area contributed by atoms with Gasteiger partial charge in [-0.3, -0.25) is 0 Å². The van der Waals surface area contributed by atoms with Crippen LogP contribution < -0.4 is 5.32 Å². The zero-order chi connectivity index (χ0) is 18.8. The van der Waals surface area contributed by atoms with E-state index in [9.17, 15) is 14.9 Å². The van der Waals surface area contributed by atoms with Crippen molar-refractivity contribution in [1.29, 1.82) is 0 Å². The summed E-state index contributed by atoms with van der Waals surface area (Å²) in [4.78, 5) is 23.4. The van der Waals surface area contributed by atoms with Gasteiger partial charge in [0.15, 0.2) is 0 Å². The molecule has 136 valence electrons. The summed E-state index contributed by atoms with van der Waals surface area (Å²) in [5, 5.41) is 26.3. The molecule has 0 unspecified atom stereocenters. The van der Waals surface area contributed by atoms with Crippen molar-refractivity contribution in [1.82, 2.24) is 5.32 Å². The van der Waals surface area contributed by atoms with E-state index in [1.807, 2.05) is 30.3 Å². The molecule has 2 aromatic rings. The molecule has 0 spiro atoms. The number of oxime groups is 1. The molecule has 0 heterocycles. The van der Waals surface area contributed by atoms with Crippen LogP contribution in [-0.2, 0) is 11.2 Å². The first-order valence-electron chi connectivity index (χ1n) is 7.67. The Morgan fingerprint density at radius 1 is 1.19 bits per heavy atom. The van der Waals surface area contributed by atoms with Crippen LogP contribution in [0.5, 0.6) is 0 Å². The van der Waals surface area contributed by atoms with Gasteiger partial charge in [-0.2, -0.15) is 0 Å². The molecule has 0 saturated carbocycles. The van der Waals surface area contributed by atoms with Crippen molar-refractivity contribution < 1.29 is 14.9 Å². The predicted octanol–water partition coefficient (Wildman–Crippen LogP) is 2.91. The van der Waals surface area contributed by atoms with Crippen molar-refractivity contribution in [3.8, 4) is 0 Å². The number of amides is 1. The molecule has 1 amide bonds. The van der Waals surface area contributed by atoms with Gasteiger partial charge in [0.25, 0.3) is 0 Å². The van der Waals surface area contributed by atoms with Crippen LogP contribution in [0.1, 0.15) is 5.56 Å². The monoisotopic (exact) mass is 439 g/mol. The summed E-state index contributed by atoms with van der Waals surface area (Å²) in [6.45, 7) is 0.498. The Labute approximate surface area is 160 Å². The number of nitrogens with one attached hydrogen (secondary N) is 1. The van der Waals surface area contributed by atoms with Crippen molar-refractivity contribution in [3.05, 3.63) is 70.3 Å². The maximum absolute atomic E-state index is 12.1. The van der Waals surface area contributed by atoms with Gasteiger partial charge < -0.3 is 0 Å². The van der Waals surface area contributed by atoms with Gasteiger partial charge in [-0.25, -0.2) is 0 Å². The molecule has 0 aliphatic rings. The molecule has 2 aromatic carbocycles. The van der Waals surface area contributed by atoms with E-state index in [4.69, 9.17) is 5.21 Å². The molecule has 2 rings (SSSR count). The second-order valence-electron chi connectivity index (χ2n) is 5.12. The van der Waals surface area contributed by atoms with E-state index in [0.717, 1.165) is 5.32 Å². The molecule has 0 aromatic heterocycles. The van der Waals surface area contributed by atoms with Gasteiger partial charge in [-0.15, -0.1) is 0 Å². The number of nitrogens with zero attached hydrogens (tertiary/aromatic N) is 2. The molecular formula is C17H17N3O4SSe. The molecule has 0 radical (unpaired) electrons. The molecule has 0 fully saturated rings. The van der Waals surface area contributed by atoms with Crippen molar-refractivity contribution >= 4 is 41.3 Å². The molecule has 0 saturated heterocycles. The van der Waals surface area contributed by atoms with Crippen molar-refractivity contribution in [3.63, 3.8) is 0 Å². The number of carbonyl (C=O) groups excluding carboxylic acids is 1. The Bertz CT molecular complexity index is 769. The Kier molecular flexibility index (Phi) is 8.14. The Morgan fingerprint density at radius 3 is 2.50 bits per heavy atom. The number of benzene rings is 2. The Hall–Kier alpha value is -2.35. The third-order valence-electron chi connectivity index (χ3n) is 3.27. The van der Waals surface area contributed by atoms with Crippen LogP contribution in [0.4, 0.5) is 5.69 Å². The third kappa shape index (κ3) is 6.51. The first-order chi connectivity index (χ1) is 12.6. The number of rotatable bonds is 9. The van der Waals surface area contributed by atoms with E-state index in [-0.39, 0.29) is 17.8 Å². The average Bonchev–Trinajstić information content (AvgIpc) is 2.66. The summed E-state index contributed by atoms with van der Waals surface area (Å²) in [7, 11) is 1.77. The molecule has 0 aliphatic heterocycles. The van der Waals surface area contributed by atoms with Gasteiger partial charge in [-0.05, 0) is 0 Å². The van der Waals surface area contributed by atoms with Crippen molar-refractivity contribution in [2.24, 2.45) is 5.16 Å². The van der Waals surface area contributed by atoms with Crippen LogP contribution in [0.3, 0.4) is 0 Å². The minimum absolute atomic E-state index is 0.0259. The summed E-state index contributed by atoms with van der Waals surface area (Å²) < 4.78 is 0. The van der Waals surface area contributed by atoms with Crippen LogP contribution in [-0.4, -0.2) is 42.1 Å². The summed E-state index contributed by atoms with van der Waals surface area (Å²) in [5.74, 6) is -0.439. The number of non-ortho nitro benzene ring substituents is 1. The van der Waals surface area contributed by atoms with Crippen molar-refractivity contribution in [2.75, 3.05) is 6.54 Å². The van der Waals surface area contributed by atoms with E-state index in [0.29, 0.717) is 25.9 Å². The van der Waals surface area contributed by atoms with Crippen LogP contribution in [0, 0.1) is 10.1 Å². The molecule has 0 aliphatic carbocycles. The van der Waals surface area contributed by atoms with Gasteiger partial charge in [0.2, 0.25) is 0 Å². The number of hydrogen-bond donors (Lipinski definition) is 2. The van der Waals surface area contributed by atoms with E-state index in [1.54, 1.807) is 10.2 Å². The first kappa shape index (κ1) is 20.0. The molecular weight excluding hydrogens is 421 g/mol. The topological polar surface area (TPSA) is 105 Å². The summed E-state index contributed by atoms with van der Waals surface area (Å²) in [6.07, 6.45) is 0.101. The second-order valence-corrected chi connectivity index (χ2v) is 9.38. The average molecular weight is 438 g/mol. The van der Waals surface area contributed by atoms with Crippen LogP contribution >= 0.6 is 10.2 Å². The van der Waals surface area contributed by atoms with Gasteiger partial charge >= 0.3 is 160 Å².